The Morgan fingerprint density at radius 3 is 2.45 bits per heavy atom. The predicted octanol–water partition coefficient (Wildman–Crippen LogP) is 3.17. The van der Waals surface area contributed by atoms with E-state index >= 15 is 0 Å². The summed E-state index contributed by atoms with van der Waals surface area (Å²) in [5.74, 6) is 0.296. The van der Waals surface area contributed by atoms with E-state index in [1.165, 1.54) is 16.3 Å². The van der Waals surface area contributed by atoms with Gasteiger partial charge in [0.25, 0.3) is 0 Å². The second-order valence-electron chi connectivity index (χ2n) is 7.25. The SMILES string of the molecule is CCOC(=O)c1cnc(N2CCN(CCc3ccc4ccccc4c3)CC2)nc1. The molecule has 1 saturated heterocycles. The largest absolute Gasteiger partial charge is 0.462 e. The van der Waals surface area contributed by atoms with Gasteiger partial charge in [0.1, 0.15) is 0 Å². The third-order valence-electron chi connectivity index (χ3n) is 5.34. The van der Waals surface area contributed by atoms with Crippen molar-refractivity contribution in [2.45, 2.75) is 13.3 Å². The number of benzene rings is 2. The van der Waals surface area contributed by atoms with Gasteiger partial charge < -0.3 is 9.64 Å². The molecule has 1 aliphatic rings. The highest BCUT2D eigenvalue weighted by molar-refractivity contribution is 5.88. The highest BCUT2D eigenvalue weighted by Gasteiger charge is 2.19. The van der Waals surface area contributed by atoms with Crippen LogP contribution in [0.5, 0.6) is 0 Å². The second-order valence-corrected chi connectivity index (χ2v) is 7.25. The number of ether oxygens (including phenoxy) is 1. The molecule has 6 nitrogen and oxygen atoms in total. The average Bonchev–Trinajstić information content (AvgIpc) is 2.78. The molecule has 2 aromatic carbocycles. The summed E-state index contributed by atoms with van der Waals surface area (Å²) in [7, 11) is 0. The van der Waals surface area contributed by atoms with Gasteiger partial charge in [-0.2, -0.15) is 0 Å². The summed E-state index contributed by atoms with van der Waals surface area (Å²) < 4.78 is 4.98. The lowest BCUT2D eigenvalue weighted by Crippen LogP contribution is -2.47. The van der Waals surface area contributed by atoms with Gasteiger partial charge in [0, 0.05) is 45.1 Å². The van der Waals surface area contributed by atoms with Gasteiger partial charge in [0.05, 0.1) is 12.2 Å². The lowest BCUT2D eigenvalue weighted by atomic mass is 10.0. The fraction of sp³-hybridized carbons (Fsp3) is 0.348. The van der Waals surface area contributed by atoms with Crippen LogP contribution in [0.25, 0.3) is 10.8 Å². The minimum atomic E-state index is -0.377. The van der Waals surface area contributed by atoms with Gasteiger partial charge >= 0.3 is 5.97 Å². The zero-order valence-corrected chi connectivity index (χ0v) is 16.8. The predicted molar refractivity (Wildman–Crippen MR) is 114 cm³/mol. The normalized spacial score (nSPS) is 14.9. The lowest BCUT2D eigenvalue weighted by Gasteiger charge is -2.34. The maximum Gasteiger partial charge on any atom is 0.341 e. The van der Waals surface area contributed by atoms with E-state index in [0.717, 1.165) is 39.1 Å². The van der Waals surface area contributed by atoms with E-state index in [1.807, 2.05) is 0 Å². The number of aromatic nitrogens is 2. The molecule has 0 atom stereocenters. The van der Waals surface area contributed by atoms with Gasteiger partial charge in [-0.25, -0.2) is 14.8 Å². The highest BCUT2D eigenvalue weighted by Crippen LogP contribution is 2.17. The Hall–Kier alpha value is -2.99. The van der Waals surface area contributed by atoms with E-state index in [1.54, 1.807) is 19.3 Å². The Labute approximate surface area is 171 Å². The monoisotopic (exact) mass is 390 g/mol. The molecule has 4 rings (SSSR count). The van der Waals surface area contributed by atoms with Crippen LogP contribution >= 0.6 is 0 Å². The molecule has 0 N–H and O–H groups in total. The molecule has 6 heteroatoms. The Kier molecular flexibility index (Phi) is 6.00. The molecule has 29 heavy (non-hydrogen) atoms. The van der Waals surface area contributed by atoms with Crippen molar-refractivity contribution >= 4 is 22.7 Å². The van der Waals surface area contributed by atoms with Crippen LogP contribution in [0.4, 0.5) is 5.95 Å². The van der Waals surface area contributed by atoms with E-state index < -0.39 is 0 Å². The molecule has 0 spiro atoms. The fourth-order valence-electron chi connectivity index (χ4n) is 3.66. The van der Waals surface area contributed by atoms with Crippen molar-refractivity contribution in [2.24, 2.45) is 0 Å². The van der Waals surface area contributed by atoms with E-state index in [9.17, 15) is 4.79 Å². The Bertz CT molecular complexity index is 966. The van der Waals surface area contributed by atoms with Crippen LogP contribution < -0.4 is 4.90 Å². The van der Waals surface area contributed by atoms with Crippen molar-refractivity contribution in [3.05, 3.63) is 66.0 Å². The molecule has 150 valence electrons. The Morgan fingerprint density at radius 1 is 1.00 bits per heavy atom. The maximum atomic E-state index is 11.7. The molecule has 0 aliphatic carbocycles. The number of esters is 1. The Morgan fingerprint density at radius 2 is 1.72 bits per heavy atom. The quantitative estimate of drug-likeness (QED) is 0.603. The van der Waals surface area contributed by atoms with Crippen molar-refractivity contribution in [1.82, 2.24) is 14.9 Å². The van der Waals surface area contributed by atoms with Crippen LogP contribution in [0.2, 0.25) is 0 Å². The first-order chi connectivity index (χ1) is 14.2. The van der Waals surface area contributed by atoms with Crippen molar-refractivity contribution in [2.75, 3.05) is 44.2 Å². The molecule has 3 aromatic rings. The molecule has 0 bridgehead atoms. The summed E-state index contributed by atoms with van der Waals surface area (Å²) in [6.07, 6.45) is 4.15. The lowest BCUT2D eigenvalue weighted by molar-refractivity contribution is 0.0525. The van der Waals surface area contributed by atoms with Crippen LogP contribution in [0.15, 0.2) is 54.9 Å². The van der Waals surface area contributed by atoms with Crippen molar-refractivity contribution < 1.29 is 9.53 Å². The molecule has 1 aromatic heterocycles. The average molecular weight is 390 g/mol. The second kappa shape index (κ2) is 9.01. The Balaban J connectivity index is 1.28. The van der Waals surface area contributed by atoms with E-state index in [-0.39, 0.29) is 5.97 Å². The van der Waals surface area contributed by atoms with E-state index in [4.69, 9.17) is 4.74 Å². The topological polar surface area (TPSA) is 58.6 Å². The number of anilines is 1. The minimum absolute atomic E-state index is 0.349. The minimum Gasteiger partial charge on any atom is -0.462 e. The number of rotatable bonds is 6. The molecule has 0 unspecified atom stereocenters. The zero-order valence-electron chi connectivity index (χ0n) is 16.8. The molecule has 2 heterocycles. The zero-order chi connectivity index (χ0) is 20.1. The van der Waals surface area contributed by atoms with Crippen LogP contribution in [-0.4, -0.2) is 60.2 Å². The van der Waals surface area contributed by atoms with Crippen molar-refractivity contribution in [1.29, 1.82) is 0 Å². The fourth-order valence-corrected chi connectivity index (χ4v) is 3.66. The molecule has 1 aliphatic heterocycles. The summed E-state index contributed by atoms with van der Waals surface area (Å²) in [6.45, 7) is 6.92. The molecule has 0 radical (unpaired) electrons. The third kappa shape index (κ3) is 4.71. The van der Waals surface area contributed by atoms with Crippen molar-refractivity contribution in [3.63, 3.8) is 0 Å². The summed E-state index contributed by atoms with van der Waals surface area (Å²) in [4.78, 5) is 25.1. The van der Waals surface area contributed by atoms with Gasteiger partial charge in [-0.3, -0.25) is 4.90 Å². The summed E-state index contributed by atoms with van der Waals surface area (Å²) in [5.41, 5.74) is 1.77. The number of hydrogen-bond acceptors (Lipinski definition) is 6. The third-order valence-corrected chi connectivity index (χ3v) is 5.34. The van der Waals surface area contributed by atoms with Crippen LogP contribution in [0, 0.1) is 0 Å². The number of carbonyl (C=O) groups is 1. The maximum absolute atomic E-state index is 11.7. The van der Waals surface area contributed by atoms with Crippen molar-refractivity contribution in [3.8, 4) is 0 Å². The highest BCUT2D eigenvalue weighted by atomic mass is 16.5. The van der Waals surface area contributed by atoms with Gasteiger partial charge in [-0.15, -0.1) is 0 Å². The summed E-state index contributed by atoms with van der Waals surface area (Å²) in [6, 6.07) is 15.2. The first-order valence-electron chi connectivity index (χ1n) is 10.2. The number of nitrogens with zero attached hydrogens (tertiary/aromatic N) is 4. The van der Waals surface area contributed by atoms with Gasteiger partial charge in [0.2, 0.25) is 5.95 Å². The molecular formula is C23H26N4O2. The number of hydrogen-bond donors (Lipinski definition) is 0. The van der Waals surface area contributed by atoms with Gasteiger partial charge in [-0.05, 0) is 29.7 Å². The first kappa shape index (κ1) is 19.3. The van der Waals surface area contributed by atoms with Crippen LogP contribution in [-0.2, 0) is 11.2 Å². The number of carbonyl (C=O) groups excluding carboxylic acids is 1. The molecular weight excluding hydrogens is 364 g/mol. The first-order valence-corrected chi connectivity index (χ1v) is 10.2. The van der Waals surface area contributed by atoms with Gasteiger partial charge in [0.15, 0.2) is 0 Å². The number of piperazine rings is 1. The number of fused-ring (bicyclic) bond motifs is 1. The molecule has 0 amide bonds. The standard InChI is InChI=1S/C23H26N4O2/c1-2-29-22(28)21-16-24-23(25-17-21)27-13-11-26(12-14-27)10-9-18-7-8-19-5-3-4-6-20(19)15-18/h3-8,15-17H,2,9-14H2,1H3. The summed E-state index contributed by atoms with van der Waals surface area (Å²) >= 11 is 0. The van der Waals surface area contributed by atoms with E-state index in [0.29, 0.717) is 18.1 Å². The summed E-state index contributed by atoms with van der Waals surface area (Å²) in [5, 5.41) is 2.59. The van der Waals surface area contributed by atoms with E-state index in [2.05, 4.69) is 62.2 Å². The smallest absolute Gasteiger partial charge is 0.341 e. The molecule has 0 saturated carbocycles. The molecule has 1 fully saturated rings. The van der Waals surface area contributed by atoms with Gasteiger partial charge in [-0.1, -0.05) is 42.5 Å². The van der Waals surface area contributed by atoms with Crippen LogP contribution in [0.1, 0.15) is 22.8 Å². The van der Waals surface area contributed by atoms with Crippen LogP contribution in [0.3, 0.4) is 0 Å².